The molecule has 0 spiro atoms. The van der Waals surface area contributed by atoms with Gasteiger partial charge in [0.15, 0.2) is 9.84 Å². The number of nitrogens with zero attached hydrogens (tertiary/aromatic N) is 4. The van der Waals surface area contributed by atoms with Gasteiger partial charge in [0, 0.05) is 24.9 Å². The highest BCUT2D eigenvalue weighted by molar-refractivity contribution is 7.91. The molecular formula is C16H22N6O3S. The van der Waals surface area contributed by atoms with Crippen LogP contribution in [0.4, 0.5) is 17.6 Å². The lowest BCUT2D eigenvalue weighted by Gasteiger charge is -2.34. The molecule has 2 fully saturated rings. The Morgan fingerprint density at radius 3 is 2.81 bits per heavy atom. The third-order valence-corrected chi connectivity index (χ3v) is 7.04. The van der Waals surface area contributed by atoms with E-state index in [1.165, 1.54) is 6.26 Å². The molecule has 140 valence electrons. The van der Waals surface area contributed by atoms with Crippen molar-refractivity contribution >= 4 is 27.4 Å². The zero-order chi connectivity index (χ0) is 18.4. The maximum absolute atomic E-state index is 12.4. The van der Waals surface area contributed by atoms with Crippen LogP contribution in [0, 0.1) is 0 Å². The van der Waals surface area contributed by atoms with E-state index in [9.17, 15) is 8.42 Å². The van der Waals surface area contributed by atoms with Gasteiger partial charge >= 0.3 is 0 Å². The fourth-order valence-electron chi connectivity index (χ4n) is 3.31. The smallest absolute Gasteiger partial charge is 0.230 e. The van der Waals surface area contributed by atoms with Crippen molar-refractivity contribution in [2.45, 2.75) is 30.6 Å². The van der Waals surface area contributed by atoms with Crippen molar-refractivity contribution in [2.24, 2.45) is 0 Å². The highest BCUT2D eigenvalue weighted by Gasteiger charge is 2.55. The number of hydrogen-bond acceptors (Lipinski definition) is 8. The van der Waals surface area contributed by atoms with E-state index in [0.717, 1.165) is 0 Å². The summed E-state index contributed by atoms with van der Waals surface area (Å²) in [7, 11) is -3.27. The molecule has 2 aliphatic rings. The van der Waals surface area contributed by atoms with E-state index in [1.54, 1.807) is 12.3 Å². The predicted octanol–water partition coefficient (Wildman–Crippen LogP) is 1.20. The van der Waals surface area contributed by atoms with Crippen molar-refractivity contribution in [2.75, 3.05) is 36.2 Å². The summed E-state index contributed by atoms with van der Waals surface area (Å²) in [5, 5.41) is 9.78. The molecule has 0 amide bonds. The average molecular weight is 378 g/mol. The fourth-order valence-corrected chi connectivity index (χ4v) is 4.64. The molecule has 10 heteroatoms. The largest absolute Gasteiger partial charge is 0.377 e. The molecule has 2 N–H and O–H groups in total. The first kappa shape index (κ1) is 17.2. The SMILES string of the molecule is CC1COCCN1c1cc(C2(S(C)(=O)=O)CC2)nc(Nc2ccn[nH]2)n1. The molecule has 1 aliphatic carbocycles. The zero-order valence-corrected chi connectivity index (χ0v) is 15.6. The first-order valence-corrected chi connectivity index (χ1v) is 10.5. The summed E-state index contributed by atoms with van der Waals surface area (Å²) in [5.41, 5.74) is 0.547. The van der Waals surface area contributed by atoms with E-state index in [1.807, 2.05) is 6.07 Å². The number of aromatic amines is 1. The third kappa shape index (κ3) is 3.03. The molecule has 4 rings (SSSR count). The van der Waals surface area contributed by atoms with Crippen molar-refractivity contribution in [1.29, 1.82) is 0 Å². The fraction of sp³-hybridized carbons (Fsp3) is 0.562. The van der Waals surface area contributed by atoms with Gasteiger partial charge in [-0.2, -0.15) is 10.1 Å². The Morgan fingerprint density at radius 1 is 1.38 bits per heavy atom. The van der Waals surface area contributed by atoms with Gasteiger partial charge in [0.1, 0.15) is 16.4 Å². The van der Waals surface area contributed by atoms with Gasteiger partial charge in [-0.05, 0) is 19.8 Å². The highest BCUT2D eigenvalue weighted by Crippen LogP contribution is 2.52. The first-order chi connectivity index (χ1) is 12.4. The molecule has 3 heterocycles. The number of anilines is 3. The lowest BCUT2D eigenvalue weighted by atomic mass is 10.2. The molecule has 1 saturated heterocycles. The number of ether oxygens (including phenoxy) is 1. The Kier molecular flexibility index (Phi) is 4.11. The molecule has 2 aromatic heterocycles. The van der Waals surface area contributed by atoms with Crippen LogP contribution in [0.25, 0.3) is 0 Å². The number of H-pyrrole nitrogens is 1. The normalized spacial score (nSPS) is 22.2. The molecule has 1 aliphatic heterocycles. The maximum Gasteiger partial charge on any atom is 0.230 e. The van der Waals surface area contributed by atoms with Crippen LogP contribution in [0.3, 0.4) is 0 Å². The van der Waals surface area contributed by atoms with Crippen LogP contribution >= 0.6 is 0 Å². The van der Waals surface area contributed by atoms with Gasteiger partial charge in [-0.15, -0.1) is 0 Å². The Bertz CT molecular complexity index is 895. The Balaban J connectivity index is 1.77. The van der Waals surface area contributed by atoms with Gasteiger partial charge in [0.25, 0.3) is 0 Å². The van der Waals surface area contributed by atoms with Crippen molar-refractivity contribution < 1.29 is 13.2 Å². The minimum Gasteiger partial charge on any atom is -0.377 e. The third-order valence-electron chi connectivity index (χ3n) is 5.00. The summed E-state index contributed by atoms with van der Waals surface area (Å²) in [6.45, 7) is 3.99. The molecule has 0 aromatic carbocycles. The highest BCUT2D eigenvalue weighted by atomic mass is 32.2. The summed E-state index contributed by atoms with van der Waals surface area (Å²) in [5.74, 6) is 1.71. The van der Waals surface area contributed by atoms with Gasteiger partial charge in [-0.3, -0.25) is 5.10 Å². The quantitative estimate of drug-likeness (QED) is 0.798. The standard InChI is InChI=1S/C16H22N6O3S/c1-11-10-25-8-7-22(11)14-9-12(16(4-5-16)26(2,23)24)18-15(20-14)19-13-3-6-17-21-13/h3,6,9,11H,4-5,7-8,10H2,1-2H3,(H2,17,18,19,20,21). The van der Waals surface area contributed by atoms with Gasteiger partial charge in [0.05, 0.1) is 31.1 Å². The van der Waals surface area contributed by atoms with Crippen LogP contribution < -0.4 is 10.2 Å². The second-order valence-corrected chi connectivity index (χ2v) is 9.24. The van der Waals surface area contributed by atoms with Gasteiger partial charge in [-0.25, -0.2) is 13.4 Å². The lowest BCUT2D eigenvalue weighted by Crippen LogP contribution is -2.44. The second-order valence-electron chi connectivity index (χ2n) is 6.91. The van der Waals surface area contributed by atoms with E-state index < -0.39 is 14.6 Å². The molecule has 9 nitrogen and oxygen atoms in total. The van der Waals surface area contributed by atoms with E-state index in [2.05, 4.69) is 37.3 Å². The number of morpholine rings is 1. The molecule has 1 saturated carbocycles. The monoisotopic (exact) mass is 378 g/mol. The van der Waals surface area contributed by atoms with E-state index in [0.29, 0.717) is 55.9 Å². The van der Waals surface area contributed by atoms with Crippen molar-refractivity contribution in [3.8, 4) is 0 Å². The van der Waals surface area contributed by atoms with Crippen LogP contribution in [0.15, 0.2) is 18.3 Å². The number of rotatable bonds is 5. The first-order valence-electron chi connectivity index (χ1n) is 8.59. The lowest BCUT2D eigenvalue weighted by molar-refractivity contribution is 0.0985. The van der Waals surface area contributed by atoms with Crippen LogP contribution in [0.1, 0.15) is 25.5 Å². The van der Waals surface area contributed by atoms with Crippen LogP contribution in [-0.4, -0.2) is 60.6 Å². The minimum absolute atomic E-state index is 0.153. The van der Waals surface area contributed by atoms with Gasteiger partial charge < -0.3 is 15.0 Å². The van der Waals surface area contributed by atoms with Crippen molar-refractivity contribution in [1.82, 2.24) is 20.2 Å². The Morgan fingerprint density at radius 2 is 2.19 bits per heavy atom. The van der Waals surface area contributed by atoms with Crippen molar-refractivity contribution in [3.63, 3.8) is 0 Å². The molecule has 0 bridgehead atoms. The van der Waals surface area contributed by atoms with Gasteiger partial charge in [0.2, 0.25) is 5.95 Å². The van der Waals surface area contributed by atoms with Crippen LogP contribution in [0.5, 0.6) is 0 Å². The average Bonchev–Trinajstić information content (AvgIpc) is 3.28. The molecule has 1 unspecified atom stereocenters. The summed E-state index contributed by atoms with van der Waals surface area (Å²) >= 11 is 0. The number of aromatic nitrogens is 4. The van der Waals surface area contributed by atoms with E-state index in [-0.39, 0.29) is 6.04 Å². The molecule has 0 radical (unpaired) electrons. The Hall–Kier alpha value is -2.20. The van der Waals surface area contributed by atoms with E-state index >= 15 is 0 Å². The maximum atomic E-state index is 12.4. The summed E-state index contributed by atoms with van der Waals surface area (Å²) in [6, 6.07) is 3.73. The van der Waals surface area contributed by atoms with E-state index in [4.69, 9.17) is 4.74 Å². The molecule has 2 aromatic rings. The minimum atomic E-state index is -3.27. The molecular weight excluding hydrogens is 356 g/mol. The topological polar surface area (TPSA) is 113 Å². The number of sulfone groups is 1. The van der Waals surface area contributed by atoms with Crippen molar-refractivity contribution in [3.05, 3.63) is 24.0 Å². The molecule has 1 atom stereocenters. The van der Waals surface area contributed by atoms with Crippen LogP contribution in [0.2, 0.25) is 0 Å². The van der Waals surface area contributed by atoms with Crippen LogP contribution in [-0.2, 0) is 19.3 Å². The Labute approximate surface area is 152 Å². The summed E-state index contributed by atoms with van der Waals surface area (Å²) in [6.07, 6.45) is 4.08. The number of hydrogen-bond donors (Lipinski definition) is 2. The second kappa shape index (κ2) is 6.20. The zero-order valence-electron chi connectivity index (χ0n) is 14.8. The number of nitrogens with one attached hydrogen (secondary N) is 2. The van der Waals surface area contributed by atoms with Gasteiger partial charge in [-0.1, -0.05) is 0 Å². The molecule has 26 heavy (non-hydrogen) atoms. The summed E-state index contributed by atoms with van der Waals surface area (Å²) in [4.78, 5) is 11.3. The predicted molar refractivity (Wildman–Crippen MR) is 97.3 cm³/mol. The summed E-state index contributed by atoms with van der Waals surface area (Å²) < 4.78 is 29.3.